The van der Waals surface area contributed by atoms with Gasteiger partial charge < -0.3 is 5.73 Å². The largest absolute Gasteiger partial charge is 0.329 e. The summed E-state index contributed by atoms with van der Waals surface area (Å²) in [5.41, 5.74) is 7.17. The predicted octanol–water partition coefficient (Wildman–Crippen LogP) is 2.11. The Morgan fingerprint density at radius 1 is 1.19 bits per heavy atom. The van der Waals surface area contributed by atoms with E-state index < -0.39 is 0 Å². The standard InChI is InChI=1S/C17H28FN3/c1-13-10-21(11-14(2)20(13)4)17(3,12-19)9-15-5-7-16(18)8-6-15/h5-8,13-14H,9-12,19H2,1-4H3. The zero-order chi connectivity index (χ0) is 15.6. The first-order chi connectivity index (χ1) is 9.85. The van der Waals surface area contributed by atoms with Gasteiger partial charge in [-0.1, -0.05) is 12.1 Å². The molecule has 2 N–H and O–H groups in total. The smallest absolute Gasteiger partial charge is 0.123 e. The van der Waals surface area contributed by atoms with E-state index in [-0.39, 0.29) is 11.4 Å². The Balaban J connectivity index is 2.14. The third-order valence-electron chi connectivity index (χ3n) is 5.06. The van der Waals surface area contributed by atoms with Gasteiger partial charge in [0.15, 0.2) is 0 Å². The van der Waals surface area contributed by atoms with E-state index in [4.69, 9.17) is 5.73 Å². The van der Waals surface area contributed by atoms with E-state index in [1.165, 1.54) is 12.1 Å². The van der Waals surface area contributed by atoms with Crippen LogP contribution >= 0.6 is 0 Å². The summed E-state index contributed by atoms with van der Waals surface area (Å²) >= 11 is 0. The Hall–Kier alpha value is -0.970. The van der Waals surface area contributed by atoms with Crippen molar-refractivity contribution in [3.63, 3.8) is 0 Å². The zero-order valence-electron chi connectivity index (χ0n) is 13.6. The number of nitrogens with two attached hydrogens (primary N) is 1. The highest BCUT2D eigenvalue weighted by Crippen LogP contribution is 2.25. The first kappa shape index (κ1) is 16.4. The first-order valence-corrected chi connectivity index (χ1v) is 7.77. The van der Waals surface area contributed by atoms with Gasteiger partial charge in [-0.3, -0.25) is 9.80 Å². The summed E-state index contributed by atoms with van der Waals surface area (Å²) in [6.45, 7) is 9.40. The molecule has 0 bridgehead atoms. The molecular weight excluding hydrogens is 265 g/mol. The van der Waals surface area contributed by atoms with E-state index in [2.05, 4.69) is 37.6 Å². The van der Waals surface area contributed by atoms with E-state index in [0.717, 1.165) is 25.1 Å². The van der Waals surface area contributed by atoms with Crippen molar-refractivity contribution in [3.8, 4) is 0 Å². The monoisotopic (exact) mass is 293 g/mol. The number of halogens is 1. The number of nitrogens with zero attached hydrogens (tertiary/aromatic N) is 2. The Morgan fingerprint density at radius 3 is 2.19 bits per heavy atom. The van der Waals surface area contributed by atoms with Crippen molar-refractivity contribution < 1.29 is 4.39 Å². The maximum absolute atomic E-state index is 13.1. The fraction of sp³-hybridized carbons (Fsp3) is 0.647. The second kappa shape index (κ2) is 6.42. The minimum atomic E-state index is -0.185. The molecule has 1 aromatic rings. The van der Waals surface area contributed by atoms with Gasteiger partial charge in [0, 0.05) is 37.3 Å². The van der Waals surface area contributed by atoms with E-state index in [9.17, 15) is 4.39 Å². The summed E-state index contributed by atoms with van der Waals surface area (Å²) < 4.78 is 13.1. The molecule has 4 heteroatoms. The summed E-state index contributed by atoms with van der Waals surface area (Å²) in [6.07, 6.45) is 0.854. The lowest BCUT2D eigenvalue weighted by Gasteiger charge is -2.50. The summed E-state index contributed by atoms with van der Waals surface area (Å²) in [5, 5.41) is 0. The summed E-state index contributed by atoms with van der Waals surface area (Å²) in [4.78, 5) is 4.93. The lowest BCUT2D eigenvalue weighted by Crippen LogP contribution is -2.64. The van der Waals surface area contributed by atoms with Gasteiger partial charge in [-0.05, 0) is 51.9 Å². The number of hydrogen-bond donors (Lipinski definition) is 1. The normalized spacial score (nSPS) is 27.5. The van der Waals surface area contributed by atoms with Crippen LogP contribution < -0.4 is 5.73 Å². The predicted molar refractivity (Wildman–Crippen MR) is 85.8 cm³/mol. The van der Waals surface area contributed by atoms with Crippen LogP contribution in [0.25, 0.3) is 0 Å². The van der Waals surface area contributed by atoms with Crippen molar-refractivity contribution in [2.75, 3.05) is 26.7 Å². The van der Waals surface area contributed by atoms with Crippen molar-refractivity contribution >= 4 is 0 Å². The summed E-state index contributed by atoms with van der Waals surface area (Å²) in [6, 6.07) is 7.84. The number of rotatable bonds is 4. The van der Waals surface area contributed by atoms with Crippen molar-refractivity contribution in [1.82, 2.24) is 9.80 Å². The number of likely N-dealkylation sites (N-methyl/N-ethyl adjacent to an activating group) is 1. The van der Waals surface area contributed by atoms with Gasteiger partial charge in [-0.2, -0.15) is 0 Å². The zero-order valence-corrected chi connectivity index (χ0v) is 13.6. The second-order valence-corrected chi connectivity index (χ2v) is 6.77. The topological polar surface area (TPSA) is 32.5 Å². The highest BCUT2D eigenvalue weighted by molar-refractivity contribution is 5.19. The van der Waals surface area contributed by atoms with Crippen LogP contribution in [0.15, 0.2) is 24.3 Å². The lowest BCUT2D eigenvalue weighted by atomic mass is 9.88. The van der Waals surface area contributed by atoms with Crippen LogP contribution in [-0.4, -0.2) is 54.1 Å². The molecule has 1 aliphatic heterocycles. The Labute approximate surface area is 127 Å². The molecule has 0 aromatic heterocycles. The SMILES string of the molecule is CC1CN(C(C)(CN)Cc2ccc(F)cc2)CC(C)N1C. The number of piperazine rings is 1. The van der Waals surface area contributed by atoms with Gasteiger partial charge in [-0.25, -0.2) is 4.39 Å². The maximum atomic E-state index is 13.1. The van der Waals surface area contributed by atoms with Gasteiger partial charge >= 0.3 is 0 Å². The van der Waals surface area contributed by atoms with Crippen LogP contribution in [0.3, 0.4) is 0 Å². The molecule has 3 unspecified atom stereocenters. The maximum Gasteiger partial charge on any atom is 0.123 e. The highest BCUT2D eigenvalue weighted by atomic mass is 19.1. The second-order valence-electron chi connectivity index (χ2n) is 6.77. The molecule has 0 aliphatic carbocycles. The molecule has 2 rings (SSSR count). The van der Waals surface area contributed by atoms with Gasteiger partial charge in [0.1, 0.15) is 5.82 Å². The summed E-state index contributed by atoms with van der Waals surface area (Å²) in [7, 11) is 2.19. The minimum absolute atomic E-state index is 0.0817. The van der Waals surface area contributed by atoms with Crippen molar-refractivity contribution in [3.05, 3.63) is 35.6 Å². The van der Waals surface area contributed by atoms with Crippen molar-refractivity contribution in [2.24, 2.45) is 5.73 Å². The fourth-order valence-corrected chi connectivity index (χ4v) is 3.20. The Kier molecular flexibility index (Phi) is 5.02. The summed E-state index contributed by atoms with van der Waals surface area (Å²) in [5.74, 6) is -0.185. The number of hydrogen-bond acceptors (Lipinski definition) is 3. The lowest BCUT2D eigenvalue weighted by molar-refractivity contribution is -0.00220. The van der Waals surface area contributed by atoms with E-state index >= 15 is 0 Å². The highest BCUT2D eigenvalue weighted by Gasteiger charge is 2.37. The molecule has 1 fully saturated rings. The number of benzene rings is 1. The first-order valence-electron chi connectivity index (χ1n) is 7.77. The average molecular weight is 293 g/mol. The van der Waals surface area contributed by atoms with Crippen molar-refractivity contribution in [2.45, 2.75) is 44.8 Å². The van der Waals surface area contributed by atoms with Crippen LogP contribution in [0.1, 0.15) is 26.3 Å². The Bertz CT molecular complexity index is 450. The van der Waals surface area contributed by atoms with Crippen LogP contribution in [0.4, 0.5) is 4.39 Å². The molecule has 0 amide bonds. The van der Waals surface area contributed by atoms with E-state index in [0.29, 0.717) is 18.6 Å². The van der Waals surface area contributed by atoms with E-state index in [1.807, 2.05) is 12.1 Å². The Morgan fingerprint density at radius 2 is 1.71 bits per heavy atom. The minimum Gasteiger partial charge on any atom is -0.329 e. The molecule has 0 radical (unpaired) electrons. The molecule has 1 saturated heterocycles. The molecule has 118 valence electrons. The molecule has 1 aromatic carbocycles. The van der Waals surface area contributed by atoms with Crippen LogP contribution in [-0.2, 0) is 6.42 Å². The van der Waals surface area contributed by atoms with Crippen LogP contribution in [0.2, 0.25) is 0 Å². The third kappa shape index (κ3) is 3.62. The molecule has 3 atom stereocenters. The average Bonchev–Trinajstić information content (AvgIpc) is 2.46. The van der Waals surface area contributed by atoms with Gasteiger partial charge in [0.2, 0.25) is 0 Å². The molecule has 1 heterocycles. The van der Waals surface area contributed by atoms with Crippen LogP contribution in [0.5, 0.6) is 0 Å². The molecule has 3 nitrogen and oxygen atoms in total. The van der Waals surface area contributed by atoms with Gasteiger partial charge in [0.05, 0.1) is 0 Å². The molecular formula is C17H28FN3. The molecule has 0 spiro atoms. The van der Waals surface area contributed by atoms with E-state index in [1.54, 1.807) is 0 Å². The van der Waals surface area contributed by atoms with Crippen molar-refractivity contribution in [1.29, 1.82) is 0 Å². The molecule has 1 aliphatic rings. The molecule has 21 heavy (non-hydrogen) atoms. The quantitative estimate of drug-likeness (QED) is 0.923. The van der Waals surface area contributed by atoms with Gasteiger partial charge in [0.25, 0.3) is 0 Å². The third-order valence-corrected chi connectivity index (χ3v) is 5.06. The van der Waals surface area contributed by atoms with Crippen LogP contribution in [0, 0.1) is 5.82 Å². The molecule has 0 saturated carbocycles. The van der Waals surface area contributed by atoms with Gasteiger partial charge in [-0.15, -0.1) is 0 Å². The fourth-order valence-electron chi connectivity index (χ4n) is 3.20.